The first-order valence-electron chi connectivity index (χ1n) is 3.31. The summed E-state index contributed by atoms with van der Waals surface area (Å²) in [6.07, 6.45) is -4.93. The molecule has 0 atom stereocenters. The molecule has 1 heterocycles. The van der Waals surface area contributed by atoms with Crippen LogP contribution >= 0.6 is 22.3 Å². The lowest BCUT2D eigenvalue weighted by Gasteiger charge is -2.09. The van der Waals surface area contributed by atoms with Crippen LogP contribution in [0.3, 0.4) is 0 Å². The lowest BCUT2D eigenvalue weighted by atomic mass is 10.3. The fourth-order valence-electron chi connectivity index (χ4n) is 0.822. The molecule has 0 N–H and O–H groups in total. The Balaban J connectivity index is 3.55. The first-order chi connectivity index (χ1) is 6.62. The van der Waals surface area contributed by atoms with E-state index in [0.29, 0.717) is 6.07 Å². The van der Waals surface area contributed by atoms with Crippen LogP contribution in [-0.4, -0.2) is 13.4 Å². The molecule has 0 saturated carbocycles. The van der Waals surface area contributed by atoms with Gasteiger partial charge in [-0.2, -0.15) is 13.2 Å². The molecule has 0 bridgehead atoms. The predicted octanol–water partition coefficient (Wildman–Crippen LogP) is 2.68. The Morgan fingerprint density at radius 1 is 1.27 bits per heavy atom. The van der Waals surface area contributed by atoms with Crippen LogP contribution in [0.4, 0.5) is 13.2 Å². The van der Waals surface area contributed by atoms with Crippen LogP contribution in [0.25, 0.3) is 0 Å². The Morgan fingerprint density at radius 2 is 1.80 bits per heavy atom. The third-order valence-electron chi connectivity index (χ3n) is 1.36. The highest BCUT2D eigenvalue weighted by Crippen LogP contribution is 2.34. The molecule has 0 spiro atoms. The number of hydrogen-bond donors (Lipinski definition) is 0. The Hall–Kier alpha value is -0.530. The second kappa shape index (κ2) is 3.80. The third kappa shape index (κ3) is 2.96. The molecular formula is C6H2Cl2F3NO2S. The highest BCUT2D eigenvalue weighted by molar-refractivity contribution is 8.13. The average Bonchev–Trinajstić information content (AvgIpc) is 2.00. The third-order valence-corrected chi connectivity index (χ3v) is 2.92. The van der Waals surface area contributed by atoms with Crippen LogP contribution in [0.2, 0.25) is 5.15 Å². The number of pyridine rings is 1. The van der Waals surface area contributed by atoms with Crippen molar-refractivity contribution in [3.05, 3.63) is 23.0 Å². The molecule has 0 radical (unpaired) electrons. The Morgan fingerprint density at radius 3 is 2.20 bits per heavy atom. The summed E-state index contributed by atoms with van der Waals surface area (Å²) in [5, 5.41) is -0.466. The fraction of sp³-hybridized carbons (Fsp3) is 0.167. The standard InChI is InChI=1S/C6H2Cl2F3NO2S/c7-4-2-1-3(15(8,13)14)5(12-4)6(9,10)11/h1-2H. The van der Waals surface area contributed by atoms with Crippen molar-refractivity contribution in [2.24, 2.45) is 0 Å². The Labute approximate surface area is 92.2 Å². The summed E-state index contributed by atoms with van der Waals surface area (Å²) in [7, 11) is 0.309. The molecule has 0 fully saturated rings. The monoisotopic (exact) mass is 279 g/mol. The number of hydrogen-bond acceptors (Lipinski definition) is 3. The van der Waals surface area contributed by atoms with Gasteiger partial charge in [-0.25, -0.2) is 13.4 Å². The number of halogens is 5. The number of aromatic nitrogens is 1. The van der Waals surface area contributed by atoms with E-state index in [2.05, 4.69) is 4.98 Å². The summed E-state index contributed by atoms with van der Waals surface area (Å²) in [5.41, 5.74) is -1.62. The minimum atomic E-state index is -4.93. The van der Waals surface area contributed by atoms with E-state index in [1.165, 1.54) is 0 Å². The molecular weight excluding hydrogens is 278 g/mol. The van der Waals surface area contributed by atoms with Crippen molar-refractivity contribution in [1.82, 2.24) is 4.98 Å². The maximum atomic E-state index is 12.3. The summed E-state index contributed by atoms with van der Waals surface area (Å²) >= 11 is 5.22. The largest absolute Gasteiger partial charge is 0.434 e. The molecule has 1 rings (SSSR count). The average molecular weight is 280 g/mol. The summed E-state index contributed by atoms with van der Waals surface area (Å²) in [6, 6.07) is 1.56. The van der Waals surface area contributed by atoms with E-state index in [0.717, 1.165) is 6.07 Å². The van der Waals surface area contributed by atoms with E-state index in [1.807, 2.05) is 0 Å². The van der Waals surface area contributed by atoms with Gasteiger partial charge in [0.25, 0.3) is 9.05 Å². The van der Waals surface area contributed by atoms with Crippen molar-refractivity contribution in [1.29, 1.82) is 0 Å². The number of rotatable bonds is 1. The summed E-state index contributed by atoms with van der Waals surface area (Å²) < 4.78 is 58.5. The molecule has 0 aliphatic carbocycles. The van der Waals surface area contributed by atoms with Crippen LogP contribution in [-0.2, 0) is 15.2 Å². The van der Waals surface area contributed by atoms with Crippen LogP contribution in [0.5, 0.6) is 0 Å². The SMILES string of the molecule is O=S(=O)(Cl)c1ccc(Cl)nc1C(F)(F)F. The maximum absolute atomic E-state index is 12.3. The van der Waals surface area contributed by atoms with E-state index in [1.54, 1.807) is 0 Å². The lowest BCUT2D eigenvalue weighted by Crippen LogP contribution is -2.13. The molecule has 1 aromatic rings. The fourth-order valence-corrected chi connectivity index (χ4v) is 1.97. The number of alkyl halides is 3. The number of nitrogens with zero attached hydrogens (tertiary/aromatic N) is 1. The molecule has 0 aromatic carbocycles. The Bertz CT molecular complexity index is 486. The zero-order valence-corrected chi connectivity index (χ0v) is 9.04. The first kappa shape index (κ1) is 12.5. The summed E-state index contributed by atoms with van der Waals surface area (Å²) in [4.78, 5) is 1.78. The van der Waals surface area contributed by atoms with Crippen molar-refractivity contribution in [2.45, 2.75) is 11.1 Å². The molecule has 9 heteroatoms. The molecule has 0 aliphatic heterocycles. The van der Waals surface area contributed by atoms with Gasteiger partial charge >= 0.3 is 6.18 Å². The Kier molecular flexibility index (Phi) is 3.18. The lowest BCUT2D eigenvalue weighted by molar-refractivity contribution is -0.143. The molecule has 0 aliphatic rings. The smallest absolute Gasteiger partial charge is 0.230 e. The minimum absolute atomic E-state index is 0.466. The highest BCUT2D eigenvalue weighted by Gasteiger charge is 2.38. The van der Waals surface area contributed by atoms with Gasteiger partial charge in [0, 0.05) is 10.7 Å². The van der Waals surface area contributed by atoms with Gasteiger partial charge < -0.3 is 0 Å². The molecule has 15 heavy (non-hydrogen) atoms. The highest BCUT2D eigenvalue weighted by atomic mass is 35.7. The molecule has 0 amide bonds. The van der Waals surface area contributed by atoms with Crippen molar-refractivity contribution in [3.8, 4) is 0 Å². The van der Waals surface area contributed by atoms with Gasteiger partial charge in [0.05, 0.1) is 0 Å². The first-order valence-corrected chi connectivity index (χ1v) is 5.99. The molecule has 0 saturated heterocycles. The van der Waals surface area contributed by atoms with Crippen molar-refractivity contribution in [2.75, 3.05) is 0 Å². The van der Waals surface area contributed by atoms with Crippen molar-refractivity contribution in [3.63, 3.8) is 0 Å². The molecule has 0 unspecified atom stereocenters. The van der Waals surface area contributed by atoms with Gasteiger partial charge in [0.15, 0.2) is 5.69 Å². The van der Waals surface area contributed by atoms with Gasteiger partial charge in [-0.3, -0.25) is 0 Å². The van der Waals surface area contributed by atoms with Crippen molar-refractivity contribution < 1.29 is 21.6 Å². The van der Waals surface area contributed by atoms with E-state index < -0.39 is 31.0 Å². The van der Waals surface area contributed by atoms with E-state index in [-0.39, 0.29) is 0 Å². The maximum Gasteiger partial charge on any atom is 0.434 e. The van der Waals surface area contributed by atoms with Gasteiger partial charge in [0.2, 0.25) is 0 Å². The van der Waals surface area contributed by atoms with Crippen LogP contribution < -0.4 is 0 Å². The van der Waals surface area contributed by atoms with Crippen LogP contribution in [0.1, 0.15) is 5.69 Å². The van der Waals surface area contributed by atoms with E-state index in [4.69, 9.17) is 22.3 Å². The van der Waals surface area contributed by atoms with Gasteiger partial charge in [0.1, 0.15) is 10.0 Å². The molecule has 84 valence electrons. The zero-order valence-electron chi connectivity index (χ0n) is 6.72. The van der Waals surface area contributed by atoms with Gasteiger partial charge in [-0.1, -0.05) is 11.6 Å². The molecule has 1 aromatic heterocycles. The summed E-state index contributed by atoms with van der Waals surface area (Å²) in [6.45, 7) is 0. The second-order valence-corrected chi connectivity index (χ2v) is 5.34. The van der Waals surface area contributed by atoms with Gasteiger partial charge in [-0.15, -0.1) is 0 Å². The quantitative estimate of drug-likeness (QED) is 0.587. The van der Waals surface area contributed by atoms with Crippen LogP contribution in [0.15, 0.2) is 17.0 Å². The van der Waals surface area contributed by atoms with Crippen LogP contribution in [0, 0.1) is 0 Å². The summed E-state index contributed by atoms with van der Waals surface area (Å²) in [5.74, 6) is 0. The normalized spacial score (nSPS) is 12.9. The second-order valence-electron chi connectivity index (χ2n) is 2.42. The van der Waals surface area contributed by atoms with Gasteiger partial charge in [-0.05, 0) is 12.1 Å². The molecule has 3 nitrogen and oxygen atoms in total. The zero-order chi connectivity index (χ0) is 11.9. The predicted molar refractivity (Wildman–Crippen MR) is 47.3 cm³/mol. The van der Waals surface area contributed by atoms with E-state index in [9.17, 15) is 21.6 Å². The topological polar surface area (TPSA) is 47.0 Å². The van der Waals surface area contributed by atoms with E-state index >= 15 is 0 Å². The van der Waals surface area contributed by atoms with Crippen molar-refractivity contribution >= 4 is 31.3 Å². The minimum Gasteiger partial charge on any atom is -0.230 e.